The number of hydrogen-bond acceptors (Lipinski definition) is 1. The molecule has 0 aromatic heterocycles. The van der Waals surface area contributed by atoms with Crippen molar-refractivity contribution in [3.8, 4) is 5.75 Å². The standard InChI is InChI=1S/C13H17BrCl2O/c1-7(2)8(3)12(16)10-5-9(15)6-11(14)13(10)17-4/h5-8,12H,1-4H3. The molecule has 0 N–H and O–H groups in total. The predicted octanol–water partition coefficient (Wildman–Crippen LogP) is 5.68. The molecule has 0 spiro atoms. The van der Waals surface area contributed by atoms with E-state index in [4.69, 9.17) is 27.9 Å². The third-order valence-electron chi connectivity index (χ3n) is 3.05. The van der Waals surface area contributed by atoms with Crippen molar-refractivity contribution in [1.82, 2.24) is 0 Å². The summed E-state index contributed by atoms with van der Waals surface area (Å²) in [6.07, 6.45) is 0. The molecule has 0 aliphatic heterocycles. The van der Waals surface area contributed by atoms with Crippen LogP contribution < -0.4 is 4.74 Å². The van der Waals surface area contributed by atoms with Crippen LogP contribution in [0.25, 0.3) is 0 Å². The van der Waals surface area contributed by atoms with E-state index < -0.39 is 0 Å². The number of halogens is 3. The van der Waals surface area contributed by atoms with Gasteiger partial charge in [-0.05, 0) is 39.9 Å². The average Bonchev–Trinajstić information content (AvgIpc) is 2.25. The van der Waals surface area contributed by atoms with Crippen molar-refractivity contribution < 1.29 is 4.74 Å². The second-order valence-corrected chi connectivity index (χ2v) is 6.28. The van der Waals surface area contributed by atoms with Gasteiger partial charge in [-0.15, -0.1) is 11.6 Å². The Morgan fingerprint density at radius 3 is 2.29 bits per heavy atom. The van der Waals surface area contributed by atoms with Crippen LogP contribution in [0.5, 0.6) is 5.75 Å². The zero-order valence-electron chi connectivity index (χ0n) is 10.4. The summed E-state index contributed by atoms with van der Waals surface area (Å²) in [7, 11) is 1.64. The van der Waals surface area contributed by atoms with Gasteiger partial charge in [-0.2, -0.15) is 0 Å². The van der Waals surface area contributed by atoms with Gasteiger partial charge in [0.2, 0.25) is 0 Å². The van der Waals surface area contributed by atoms with E-state index >= 15 is 0 Å². The molecule has 2 unspecified atom stereocenters. The first-order valence-corrected chi connectivity index (χ1v) is 7.16. The Morgan fingerprint density at radius 2 is 1.82 bits per heavy atom. The first-order chi connectivity index (χ1) is 7.88. The molecule has 0 bridgehead atoms. The lowest BCUT2D eigenvalue weighted by Crippen LogP contribution is -2.12. The van der Waals surface area contributed by atoms with Gasteiger partial charge in [0.1, 0.15) is 5.75 Å². The first kappa shape index (κ1) is 15.1. The minimum atomic E-state index is -0.111. The summed E-state index contributed by atoms with van der Waals surface area (Å²) in [5.41, 5.74) is 0.940. The lowest BCUT2D eigenvalue weighted by Gasteiger charge is -2.24. The Hall–Kier alpha value is 0.0800. The van der Waals surface area contributed by atoms with E-state index in [2.05, 4.69) is 36.7 Å². The molecule has 2 atom stereocenters. The maximum Gasteiger partial charge on any atom is 0.137 e. The molecule has 0 heterocycles. The lowest BCUT2D eigenvalue weighted by molar-refractivity contribution is 0.378. The van der Waals surface area contributed by atoms with Crippen LogP contribution in [0.3, 0.4) is 0 Å². The normalized spacial score (nSPS) is 14.8. The number of ether oxygens (including phenoxy) is 1. The van der Waals surface area contributed by atoms with Crippen molar-refractivity contribution in [2.75, 3.05) is 7.11 Å². The number of rotatable bonds is 4. The summed E-state index contributed by atoms with van der Waals surface area (Å²) in [6, 6.07) is 3.69. The van der Waals surface area contributed by atoms with E-state index in [1.54, 1.807) is 7.11 Å². The monoisotopic (exact) mass is 338 g/mol. The molecular weight excluding hydrogens is 323 g/mol. The summed E-state index contributed by atoms with van der Waals surface area (Å²) < 4.78 is 6.23. The Balaban J connectivity index is 3.20. The minimum Gasteiger partial charge on any atom is -0.495 e. The molecule has 0 saturated carbocycles. The fraction of sp³-hybridized carbons (Fsp3) is 0.538. The molecule has 0 saturated heterocycles. The Bertz CT molecular complexity index is 393. The molecule has 0 fully saturated rings. The number of hydrogen-bond donors (Lipinski definition) is 0. The maximum atomic E-state index is 6.52. The van der Waals surface area contributed by atoms with Crippen LogP contribution in [0.2, 0.25) is 5.02 Å². The van der Waals surface area contributed by atoms with Gasteiger partial charge in [0.25, 0.3) is 0 Å². The van der Waals surface area contributed by atoms with Gasteiger partial charge in [-0.1, -0.05) is 32.4 Å². The van der Waals surface area contributed by atoms with E-state index in [1.807, 2.05) is 12.1 Å². The van der Waals surface area contributed by atoms with Crippen molar-refractivity contribution in [3.05, 3.63) is 27.2 Å². The van der Waals surface area contributed by atoms with Crippen LogP contribution in [0.15, 0.2) is 16.6 Å². The summed E-state index contributed by atoms with van der Waals surface area (Å²) in [4.78, 5) is 0. The topological polar surface area (TPSA) is 9.23 Å². The van der Waals surface area contributed by atoms with Gasteiger partial charge in [0.05, 0.1) is 17.0 Å². The molecule has 96 valence electrons. The highest BCUT2D eigenvalue weighted by Crippen LogP contribution is 2.43. The first-order valence-electron chi connectivity index (χ1n) is 5.55. The molecule has 0 radical (unpaired) electrons. The van der Waals surface area contributed by atoms with Gasteiger partial charge in [0.15, 0.2) is 0 Å². The number of benzene rings is 1. The van der Waals surface area contributed by atoms with Gasteiger partial charge in [-0.25, -0.2) is 0 Å². The Morgan fingerprint density at radius 1 is 1.24 bits per heavy atom. The highest BCUT2D eigenvalue weighted by atomic mass is 79.9. The summed E-state index contributed by atoms with van der Waals surface area (Å²) in [6.45, 7) is 6.45. The second-order valence-electron chi connectivity index (χ2n) is 4.51. The van der Waals surface area contributed by atoms with Crippen molar-refractivity contribution in [2.24, 2.45) is 11.8 Å². The highest BCUT2D eigenvalue weighted by Gasteiger charge is 2.24. The van der Waals surface area contributed by atoms with Gasteiger partial charge in [-0.3, -0.25) is 0 Å². The molecule has 4 heteroatoms. The minimum absolute atomic E-state index is 0.111. The highest BCUT2D eigenvalue weighted by molar-refractivity contribution is 9.10. The molecule has 0 amide bonds. The maximum absolute atomic E-state index is 6.52. The van der Waals surface area contributed by atoms with E-state index in [0.29, 0.717) is 16.9 Å². The average molecular weight is 340 g/mol. The number of alkyl halides is 1. The van der Waals surface area contributed by atoms with Crippen LogP contribution in [0, 0.1) is 11.8 Å². The molecular formula is C13H17BrCl2O. The van der Waals surface area contributed by atoms with Crippen LogP contribution in [0.4, 0.5) is 0 Å². The van der Waals surface area contributed by atoms with E-state index in [-0.39, 0.29) is 5.38 Å². The molecule has 0 aliphatic carbocycles. The van der Waals surface area contributed by atoms with Crippen molar-refractivity contribution >= 4 is 39.1 Å². The van der Waals surface area contributed by atoms with Gasteiger partial charge in [0, 0.05) is 10.6 Å². The Labute approximate surface area is 122 Å². The fourth-order valence-electron chi connectivity index (χ4n) is 1.62. The zero-order chi connectivity index (χ0) is 13.2. The molecule has 1 aromatic rings. The SMILES string of the molecule is COc1c(Br)cc(Cl)cc1C(Cl)C(C)C(C)C. The summed E-state index contributed by atoms with van der Waals surface area (Å²) >= 11 is 16.0. The van der Waals surface area contributed by atoms with E-state index in [1.165, 1.54) is 0 Å². The Kier molecular flexibility index (Phi) is 5.62. The third kappa shape index (κ3) is 3.52. The molecule has 1 aromatic carbocycles. The van der Waals surface area contributed by atoms with Gasteiger partial charge < -0.3 is 4.74 Å². The van der Waals surface area contributed by atoms with Crippen LogP contribution in [-0.4, -0.2) is 7.11 Å². The van der Waals surface area contributed by atoms with Crippen LogP contribution in [-0.2, 0) is 0 Å². The second kappa shape index (κ2) is 6.31. The summed E-state index contributed by atoms with van der Waals surface area (Å²) in [5, 5.41) is 0.550. The quantitative estimate of drug-likeness (QED) is 0.641. The zero-order valence-corrected chi connectivity index (χ0v) is 13.5. The van der Waals surface area contributed by atoms with Crippen LogP contribution in [0.1, 0.15) is 31.7 Å². The van der Waals surface area contributed by atoms with Crippen molar-refractivity contribution in [2.45, 2.75) is 26.1 Å². The van der Waals surface area contributed by atoms with Gasteiger partial charge >= 0.3 is 0 Å². The largest absolute Gasteiger partial charge is 0.495 e. The fourth-order valence-corrected chi connectivity index (χ4v) is 3.07. The third-order valence-corrected chi connectivity index (χ3v) is 4.49. The summed E-state index contributed by atoms with van der Waals surface area (Å²) in [5.74, 6) is 1.61. The molecule has 0 aliphatic rings. The lowest BCUT2D eigenvalue weighted by atomic mass is 9.90. The van der Waals surface area contributed by atoms with Crippen LogP contribution >= 0.6 is 39.1 Å². The van der Waals surface area contributed by atoms with Crippen molar-refractivity contribution in [3.63, 3.8) is 0 Å². The molecule has 1 rings (SSSR count). The van der Waals surface area contributed by atoms with Crippen molar-refractivity contribution in [1.29, 1.82) is 0 Å². The molecule has 1 nitrogen and oxygen atoms in total. The smallest absolute Gasteiger partial charge is 0.137 e. The van der Waals surface area contributed by atoms with E-state index in [9.17, 15) is 0 Å². The molecule has 17 heavy (non-hydrogen) atoms. The predicted molar refractivity (Wildman–Crippen MR) is 78.3 cm³/mol. The van der Waals surface area contributed by atoms with E-state index in [0.717, 1.165) is 15.8 Å². The number of methoxy groups -OCH3 is 1.